The Morgan fingerprint density at radius 2 is 2.00 bits per heavy atom. The Balaban J connectivity index is 2.72. The van der Waals surface area contributed by atoms with Gasteiger partial charge in [0.1, 0.15) is 4.99 Å². The highest BCUT2D eigenvalue weighted by Crippen LogP contribution is 2.19. The molecule has 6 heteroatoms. The van der Waals surface area contributed by atoms with Gasteiger partial charge in [-0.3, -0.25) is 9.69 Å². The summed E-state index contributed by atoms with van der Waals surface area (Å²) in [5.74, 6) is 0.0541. The molecular formula is C13H18ClN3OS. The molecule has 1 aromatic carbocycles. The number of nitrogens with two attached hydrogens (primary N) is 1. The normalized spacial score (nSPS) is 10.6. The van der Waals surface area contributed by atoms with E-state index >= 15 is 0 Å². The number of carbonyl (C=O) groups excluding carboxylic acids is 1. The Labute approximate surface area is 124 Å². The predicted molar refractivity (Wildman–Crippen MR) is 82.4 cm³/mol. The second-order valence-corrected chi connectivity index (χ2v) is 5.48. The number of carbonyl (C=O) groups is 1. The number of hydrogen-bond acceptors (Lipinski definition) is 3. The third kappa shape index (κ3) is 4.78. The van der Waals surface area contributed by atoms with Gasteiger partial charge < -0.3 is 10.6 Å². The van der Waals surface area contributed by atoms with Crippen molar-refractivity contribution in [2.24, 2.45) is 5.73 Å². The summed E-state index contributed by atoms with van der Waals surface area (Å²) in [5.41, 5.74) is 7.23. The minimum absolute atomic E-state index is 0.0541. The van der Waals surface area contributed by atoms with E-state index in [0.717, 1.165) is 11.1 Å². The molecule has 0 fully saturated rings. The molecule has 104 valence electrons. The van der Waals surface area contributed by atoms with Crippen molar-refractivity contribution in [3.8, 4) is 0 Å². The Kier molecular flexibility index (Phi) is 5.72. The van der Waals surface area contributed by atoms with Crippen LogP contribution in [0.3, 0.4) is 0 Å². The van der Waals surface area contributed by atoms with Crippen LogP contribution in [0.2, 0.25) is 5.02 Å². The molecule has 0 spiro atoms. The van der Waals surface area contributed by atoms with E-state index in [9.17, 15) is 4.79 Å². The van der Waals surface area contributed by atoms with Crippen LogP contribution >= 0.6 is 23.8 Å². The molecule has 0 aromatic heterocycles. The van der Waals surface area contributed by atoms with E-state index in [0.29, 0.717) is 23.1 Å². The number of rotatable bonds is 5. The van der Waals surface area contributed by atoms with Crippen molar-refractivity contribution in [3.05, 3.63) is 34.3 Å². The lowest BCUT2D eigenvalue weighted by Gasteiger charge is -2.19. The summed E-state index contributed by atoms with van der Waals surface area (Å²) < 4.78 is 0. The number of amides is 1. The smallest absolute Gasteiger partial charge is 0.236 e. The van der Waals surface area contributed by atoms with Crippen LogP contribution in [0.1, 0.15) is 11.1 Å². The summed E-state index contributed by atoms with van der Waals surface area (Å²) >= 11 is 11.1. The van der Waals surface area contributed by atoms with Gasteiger partial charge in [-0.15, -0.1) is 0 Å². The Hall–Kier alpha value is -1.17. The van der Waals surface area contributed by atoms with Crippen LogP contribution in [-0.2, 0) is 11.3 Å². The fourth-order valence-corrected chi connectivity index (χ4v) is 1.92. The first-order chi connectivity index (χ1) is 8.81. The van der Waals surface area contributed by atoms with Crippen LogP contribution in [-0.4, -0.2) is 48.4 Å². The number of thiocarbonyl (C=S) groups is 1. The highest BCUT2D eigenvalue weighted by Gasteiger charge is 2.11. The Morgan fingerprint density at radius 1 is 1.37 bits per heavy atom. The Morgan fingerprint density at radius 3 is 2.47 bits per heavy atom. The molecular weight excluding hydrogens is 282 g/mol. The second-order valence-electron chi connectivity index (χ2n) is 4.63. The lowest BCUT2D eigenvalue weighted by molar-refractivity contribution is -0.129. The lowest BCUT2D eigenvalue weighted by atomic mass is 10.1. The average molecular weight is 300 g/mol. The molecule has 0 saturated carbocycles. The molecule has 1 rings (SSSR count). The monoisotopic (exact) mass is 299 g/mol. The minimum atomic E-state index is 0.0541. The maximum atomic E-state index is 11.6. The molecule has 19 heavy (non-hydrogen) atoms. The highest BCUT2D eigenvalue weighted by molar-refractivity contribution is 7.80. The number of benzene rings is 1. The first-order valence-electron chi connectivity index (χ1n) is 5.78. The largest absolute Gasteiger partial charge is 0.389 e. The molecule has 0 aliphatic rings. The number of halogens is 1. The standard InChI is InChI=1S/C13H18ClN3OS/c1-16(2)12(18)8-17(3)7-10-5-4-9(13(15)19)6-11(10)14/h4-6H,7-8H2,1-3H3,(H2,15,19). The highest BCUT2D eigenvalue weighted by atomic mass is 35.5. The molecule has 0 unspecified atom stereocenters. The third-order valence-corrected chi connectivity index (χ3v) is 3.27. The summed E-state index contributed by atoms with van der Waals surface area (Å²) in [6.07, 6.45) is 0. The molecule has 0 aliphatic carbocycles. The van der Waals surface area contributed by atoms with Crippen molar-refractivity contribution in [1.82, 2.24) is 9.80 Å². The van der Waals surface area contributed by atoms with Gasteiger partial charge in [0, 0.05) is 31.2 Å². The van der Waals surface area contributed by atoms with Gasteiger partial charge in [0.2, 0.25) is 5.91 Å². The summed E-state index contributed by atoms with van der Waals surface area (Å²) in [7, 11) is 5.35. The molecule has 2 N–H and O–H groups in total. The van der Waals surface area contributed by atoms with Gasteiger partial charge in [-0.2, -0.15) is 0 Å². The van der Waals surface area contributed by atoms with Gasteiger partial charge in [0.15, 0.2) is 0 Å². The SMILES string of the molecule is CN(CC(=O)N(C)C)Cc1ccc(C(N)=S)cc1Cl. The van der Waals surface area contributed by atoms with E-state index in [-0.39, 0.29) is 5.91 Å². The zero-order valence-electron chi connectivity index (χ0n) is 11.3. The molecule has 1 amide bonds. The predicted octanol–water partition coefficient (Wildman–Crippen LogP) is 1.49. The van der Waals surface area contributed by atoms with Crippen LogP contribution < -0.4 is 5.73 Å². The molecule has 0 bridgehead atoms. The summed E-state index contributed by atoms with van der Waals surface area (Å²) in [6, 6.07) is 5.47. The van der Waals surface area contributed by atoms with Crippen LogP contribution in [0.4, 0.5) is 0 Å². The van der Waals surface area contributed by atoms with E-state index in [2.05, 4.69) is 0 Å². The first kappa shape index (κ1) is 15.9. The minimum Gasteiger partial charge on any atom is -0.389 e. The summed E-state index contributed by atoms with van der Waals surface area (Å²) in [4.78, 5) is 15.4. The van der Waals surface area contributed by atoms with Gasteiger partial charge in [-0.1, -0.05) is 36.0 Å². The van der Waals surface area contributed by atoms with E-state index < -0.39 is 0 Å². The molecule has 0 aliphatic heterocycles. The van der Waals surface area contributed by atoms with Crippen LogP contribution in [0.5, 0.6) is 0 Å². The van der Waals surface area contributed by atoms with Gasteiger partial charge >= 0.3 is 0 Å². The second kappa shape index (κ2) is 6.84. The van der Waals surface area contributed by atoms with Crippen LogP contribution in [0.25, 0.3) is 0 Å². The maximum Gasteiger partial charge on any atom is 0.236 e. The van der Waals surface area contributed by atoms with Gasteiger partial charge in [0.25, 0.3) is 0 Å². The molecule has 1 aromatic rings. The van der Waals surface area contributed by atoms with Gasteiger partial charge in [-0.05, 0) is 18.7 Å². The zero-order valence-corrected chi connectivity index (χ0v) is 12.9. The summed E-state index contributed by atoms with van der Waals surface area (Å²) in [6.45, 7) is 0.941. The van der Waals surface area contributed by atoms with Crippen molar-refractivity contribution in [1.29, 1.82) is 0 Å². The fraction of sp³-hybridized carbons (Fsp3) is 0.385. The maximum absolute atomic E-state index is 11.6. The van der Waals surface area contributed by atoms with E-state index in [1.807, 2.05) is 24.1 Å². The van der Waals surface area contributed by atoms with E-state index in [1.54, 1.807) is 25.1 Å². The van der Waals surface area contributed by atoms with Crippen molar-refractivity contribution < 1.29 is 4.79 Å². The topological polar surface area (TPSA) is 49.6 Å². The Bertz CT molecular complexity index is 491. The van der Waals surface area contributed by atoms with E-state index in [4.69, 9.17) is 29.6 Å². The molecule has 0 radical (unpaired) electrons. The van der Waals surface area contributed by atoms with Crippen molar-refractivity contribution in [3.63, 3.8) is 0 Å². The number of hydrogen-bond donors (Lipinski definition) is 1. The molecule has 0 atom stereocenters. The molecule has 0 saturated heterocycles. The number of likely N-dealkylation sites (N-methyl/N-ethyl adjacent to an activating group) is 2. The van der Waals surface area contributed by atoms with Crippen LogP contribution in [0.15, 0.2) is 18.2 Å². The van der Waals surface area contributed by atoms with Gasteiger partial charge in [0.05, 0.1) is 6.54 Å². The number of nitrogens with zero attached hydrogens (tertiary/aromatic N) is 2. The first-order valence-corrected chi connectivity index (χ1v) is 6.56. The van der Waals surface area contributed by atoms with Crippen molar-refractivity contribution >= 4 is 34.7 Å². The fourth-order valence-electron chi connectivity index (χ4n) is 1.55. The van der Waals surface area contributed by atoms with E-state index in [1.165, 1.54) is 0 Å². The van der Waals surface area contributed by atoms with Gasteiger partial charge in [-0.25, -0.2) is 0 Å². The van der Waals surface area contributed by atoms with Crippen molar-refractivity contribution in [2.75, 3.05) is 27.7 Å². The lowest BCUT2D eigenvalue weighted by Crippen LogP contribution is -2.34. The quantitative estimate of drug-likeness (QED) is 0.837. The van der Waals surface area contributed by atoms with Crippen LogP contribution in [0, 0.1) is 0 Å². The zero-order chi connectivity index (χ0) is 14.6. The molecule has 0 heterocycles. The third-order valence-electron chi connectivity index (χ3n) is 2.68. The average Bonchev–Trinajstić information content (AvgIpc) is 2.31. The molecule has 4 nitrogen and oxygen atoms in total. The van der Waals surface area contributed by atoms with Crippen molar-refractivity contribution in [2.45, 2.75) is 6.54 Å². The summed E-state index contributed by atoms with van der Waals surface area (Å²) in [5, 5.41) is 0.606.